The summed E-state index contributed by atoms with van der Waals surface area (Å²) in [7, 11) is 1.67. The van der Waals surface area contributed by atoms with Crippen LogP contribution in [0.2, 0.25) is 0 Å². The fourth-order valence-corrected chi connectivity index (χ4v) is 1.33. The van der Waals surface area contributed by atoms with E-state index in [-0.39, 0.29) is 0 Å². The number of hydrogen-bond donors (Lipinski definition) is 0. The summed E-state index contributed by atoms with van der Waals surface area (Å²) in [6, 6.07) is 0. The summed E-state index contributed by atoms with van der Waals surface area (Å²) in [5.41, 5.74) is 0. The normalized spacial score (nSPS) is 10.1. The summed E-state index contributed by atoms with van der Waals surface area (Å²) >= 11 is 0. The zero-order chi connectivity index (χ0) is 10.6. The summed E-state index contributed by atoms with van der Waals surface area (Å²) in [6.45, 7) is 4.36. The van der Waals surface area contributed by atoms with Gasteiger partial charge in [0.1, 0.15) is 5.78 Å². The largest absolute Gasteiger partial charge is 0.385 e. The number of carbonyl (C=O) groups excluding carboxylic acids is 1. The quantitative estimate of drug-likeness (QED) is 0.398. The van der Waals surface area contributed by atoms with Crippen LogP contribution in [0.4, 0.5) is 0 Å². The first-order valence-corrected chi connectivity index (χ1v) is 5.42. The van der Waals surface area contributed by atoms with Gasteiger partial charge in [0.15, 0.2) is 0 Å². The molecule has 0 atom stereocenters. The molecule has 0 unspecified atom stereocenters. The Bertz CT molecular complexity index is 152. The predicted molar refractivity (Wildman–Crippen MR) is 59.4 cm³/mol. The molecule has 0 aliphatic rings. The van der Waals surface area contributed by atoms with Gasteiger partial charge in [0, 0.05) is 26.6 Å². The lowest BCUT2D eigenvalue weighted by molar-refractivity contribution is -0.119. The highest BCUT2D eigenvalue weighted by atomic mass is 16.5. The molecule has 0 aliphatic heterocycles. The average Bonchev–Trinajstić information content (AvgIpc) is 2.18. The Morgan fingerprint density at radius 1 is 1.21 bits per heavy atom. The van der Waals surface area contributed by atoms with Crippen molar-refractivity contribution >= 4 is 5.78 Å². The van der Waals surface area contributed by atoms with Gasteiger partial charge in [-0.25, -0.2) is 0 Å². The number of carbonyl (C=O) groups is 1. The summed E-state index contributed by atoms with van der Waals surface area (Å²) in [6.07, 6.45) is 8.60. The van der Waals surface area contributed by atoms with Crippen LogP contribution in [0, 0.1) is 0 Å². The second kappa shape index (κ2) is 10.5. The molecule has 0 rings (SSSR count). The number of ketones is 1. The molecule has 0 radical (unpaired) electrons. The van der Waals surface area contributed by atoms with Crippen molar-refractivity contribution in [3.63, 3.8) is 0 Å². The minimum atomic E-state index is 0.376. The van der Waals surface area contributed by atoms with Crippen LogP contribution < -0.4 is 0 Å². The first-order chi connectivity index (χ1) is 6.81. The molecule has 0 amide bonds. The summed E-state index contributed by atoms with van der Waals surface area (Å²) in [5, 5.41) is 0. The number of unbranched alkanes of at least 4 members (excludes halogenated alkanes) is 3. The first kappa shape index (κ1) is 13.4. The van der Waals surface area contributed by atoms with Crippen LogP contribution >= 0.6 is 0 Å². The third kappa shape index (κ3) is 9.46. The van der Waals surface area contributed by atoms with Crippen molar-refractivity contribution in [1.82, 2.24) is 0 Å². The number of hydrogen-bond acceptors (Lipinski definition) is 2. The van der Waals surface area contributed by atoms with E-state index in [2.05, 4.69) is 6.58 Å². The van der Waals surface area contributed by atoms with Crippen molar-refractivity contribution in [3.05, 3.63) is 12.7 Å². The van der Waals surface area contributed by atoms with E-state index in [1.807, 2.05) is 6.08 Å². The van der Waals surface area contributed by atoms with E-state index in [0.717, 1.165) is 38.5 Å². The van der Waals surface area contributed by atoms with Gasteiger partial charge in [-0.2, -0.15) is 0 Å². The number of allylic oxidation sites excluding steroid dienone is 1. The van der Waals surface area contributed by atoms with E-state index in [1.54, 1.807) is 7.11 Å². The Hall–Kier alpha value is -0.630. The van der Waals surface area contributed by atoms with Crippen molar-refractivity contribution in [2.24, 2.45) is 0 Å². The lowest BCUT2D eigenvalue weighted by atomic mass is 10.1. The number of Topliss-reactive ketones (excluding diaryl/α,β-unsaturated/α-hetero) is 1. The standard InChI is InChI=1S/C12H22O2/c1-3-4-5-6-7-9-12(13)10-8-11-14-2/h3H,1,4-11H2,2H3. The van der Waals surface area contributed by atoms with Crippen molar-refractivity contribution < 1.29 is 9.53 Å². The van der Waals surface area contributed by atoms with Crippen molar-refractivity contribution in [2.45, 2.75) is 44.9 Å². The molecule has 0 saturated carbocycles. The van der Waals surface area contributed by atoms with Crippen LogP contribution in [0.1, 0.15) is 44.9 Å². The Morgan fingerprint density at radius 2 is 1.93 bits per heavy atom. The molecule has 0 fully saturated rings. The molecule has 0 aromatic heterocycles. The molecule has 0 bridgehead atoms. The third-order valence-electron chi connectivity index (χ3n) is 2.17. The molecule has 0 aromatic rings. The minimum absolute atomic E-state index is 0.376. The number of methoxy groups -OCH3 is 1. The van der Waals surface area contributed by atoms with Crippen LogP contribution in [0.5, 0.6) is 0 Å². The van der Waals surface area contributed by atoms with Gasteiger partial charge in [0.05, 0.1) is 0 Å². The van der Waals surface area contributed by atoms with Gasteiger partial charge in [-0.3, -0.25) is 4.79 Å². The van der Waals surface area contributed by atoms with E-state index in [1.165, 1.54) is 0 Å². The topological polar surface area (TPSA) is 26.3 Å². The van der Waals surface area contributed by atoms with E-state index in [9.17, 15) is 4.79 Å². The Morgan fingerprint density at radius 3 is 2.57 bits per heavy atom. The van der Waals surface area contributed by atoms with Crippen LogP contribution in [0.3, 0.4) is 0 Å². The Kier molecular flexibility index (Phi) is 9.98. The highest BCUT2D eigenvalue weighted by Crippen LogP contribution is 2.06. The molecular weight excluding hydrogens is 176 g/mol. The van der Waals surface area contributed by atoms with Crippen molar-refractivity contribution in [3.8, 4) is 0 Å². The van der Waals surface area contributed by atoms with Gasteiger partial charge in [-0.05, 0) is 25.7 Å². The minimum Gasteiger partial charge on any atom is -0.385 e. The maximum Gasteiger partial charge on any atom is 0.132 e. The van der Waals surface area contributed by atoms with Gasteiger partial charge in [-0.1, -0.05) is 12.5 Å². The van der Waals surface area contributed by atoms with E-state index >= 15 is 0 Å². The number of rotatable bonds is 10. The molecule has 0 N–H and O–H groups in total. The smallest absolute Gasteiger partial charge is 0.132 e. The maximum absolute atomic E-state index is 11.3. The van der Waals surface area contributed by atoms with Gasteiger partial charge >= 0.3 is 0 Å². The van der Waals surface area contributed by atoms with Gasteiger partial charge in [-0.15, -0.1) is 6.58 Å². The molecule has 0 heterocycles. The molecule has 0 spiro atoms. The molecule has 14 heavy (non-hydrogen) atoms. The van der Waals surface area contributed by atoms with E-state index in [4.69, 9.17) is 4.74 Å². The molecule has 0 saturated heterocycles. The van der Waals surface area contributed by atoms with Gasteiger partial charge in [0.2, 0.25) is 0 Å². The highest BCUT2D eigenvalue weighted by Gasteiger charge is 2.00. The predicted octanol–water partition coefficient (Wildman–Crippen LogP) is 3.12. The second-order valence-corrected chi connectivity index (χ2v) is 3.52. The molecule has 2 heteroatoms. The van der Waals surface area contributed by atoms with Crippen LogP contribution in [-0.2, 0) is 9.53 Å². The third-order valence-corrected chi connectivity index (χ3v) is 2.17. The average molecular weight is 198 g/mol. The maximum atomic E-state index is 11.3. The van der Waals surface area contributed by atoms with Crippen LogP contribution in [0.15, 0.2) is 12.7 Å². The van der Waals surface area contributed by atoms with E-state index in [0.29, 0.717) is 18.8 Å². The first-order valence-electron chi connectivity index (χ1n) is 5.42. The van der Waals surface area contributed by atoms with Crippen LogP contribution in [0.25, 0.3) is 0 Å². The summed E-state index contributed by atoms with van der Waals surface area (Å²) in [5.74, 6) is 0.376. The molecule has 2 nitrogen and oxygen atoms in total. The Balaban J connectivity index is 3.14. The zero-order valence-electron chi connectivity index (χ0n) is 9.26. The Labute approximate surface area is 87.3 Å². The summed E-state index contributed by atoms with van der Waals surface area (Å²) < 4.78 is 4.89. The lowest BCUT2D eigenvalue weighted by Crippen LogP contribution is -2.00. The SMILES string of the molecule is C=CCCCCCC(=O)CCCOC. The zero-order valence-corrected chi connectivity index (χ0v) is 9.26. The molecular formula is C12H22O2. The van der Waals surface area contributed by atoms with Gasteiger partial charge in [0.25, 0.3) is 0 Å². The fourth-order valence-electron chi connectivity index (χ4n) is 1.33. The molecule has 0 aromatic carbocycles. The number of ether oxygens (including phenoxy) is 1. The monoisotopic (exact) mass is 198 g/mol. The second-order valence-electron chi connectivity index (χ2n) is 3.52. The highest BCUT2D eigenvalue weighted by molar-refractivity contribution is 5.78. The van der Waals surface area contributed by atoms with E-state index < -0.39 is 0 Å². The van der Waals surface area contributed by atoms with Crippen molar-refractivity contribution in [1.29, 1.82) is 0 Å². The lowest BCUT2D eigenvalue weighted by Gasteiger charge is -2.00. The fraction of sp³-hybridized carbons (Fsp3) is 0.750. The molecule has 82 valence electrons. The van der Waals surface area contributed by atoms with Gasteiger partial charge < -0.3 is 4.74 Å². The van der Waals surface area contributed by atoms with Crippen molar-refractivity contribution in [2.75, 3.05) is 13.7 Å². The van der Waals surface area contributed by atoms with Crippen LogP contribution in [-0.4, -0.2) is 19.5 Å². The molecule has 0 aliphatic carbocycles. The summed E-state index contributed by atoms with van der Waals surface area (Å²) in [4.78, 5) is 11.3.